The molecule has 0 fully saturated rings. The second-order valence-electron chi connectivity index (χ2n) is 6.49. The van der Waals surface area contributed by atoms with Crippen LogP contribution >= 0.6 is 15.9 Å². The van der Waals surface area contributed by atoms with Crippen molar-refractivity contribution in [3.63, 3.8) is 0 Å². The van der Waals surface area contributed by atoms with Gasteiger partial charge in [-0.2, -0.15) is 0 Å². The second kappa shape index (κ2) is 7.50. The van der Waals surface area contributed by atoms with Crippen LogP contribution in [-0.4, -0.2) is 26.9 Å². The standard InChI is InChI=1S/C19H21BrN2O3S/c1-13-10-16-11-17(20)12-18(19(16)22(13)14(2)23)26(24,25)21-9-8-15-6-4-3-5-7-15/h3-7,11-13,21H,8-10H2,1-2H3. The van der Waals surface area contributed by atoms with E-state index in [4.69, 9.17) is 0 Å². The number of nitrogens with one attached hydrogen (secondary N) is 1. The Morgan fingerprint density at radius 3 is 2.62 bits per heavy atom. The molecule has 138 valence electrons. The lowest BCUT2D eigenvalue weighted by atomic mass is 10.1. The largest absolute Gasteiger partial charge is 0.308 e. The van der Waals surface area contributed by atoms with Crippen LogP contribution in [0.2, 0.25) is 0 Å². The fourth-order valence-corrected chi connectivity index (χ4v) is 5.36. The molecule has 1 aliphatic rings. The van der Waals surface area contributed by atoms with Crippen molar-refractivity contribution in [3.8, 4) is 0 Å². The van der Waals surface area contributed by atoms with Gasteiger partial charge in [0.15, 0.2) is 0 Å². The molecule has 7 heteroatoms. The van der Waals surface area contributed by atoms with Gasteiger partial charge in [0.2, 0.25) is 15.9 Å². The minimum Gasteiger partial charge on any atom is -0.308 e. The van der Waals surface area contributed by atoms with Crippen LogP contribution in [0.5, 0.6) is 0 Å². The zero-order chi connectivity index (χ0) is 18.9. The van der Waals surface area contributed by atoms with Crippen LogP contribution < -0.4 is 9.62 Å². The molecule has 1 aliphatic heterocycles. The molecular weight excluding hydrogens is 416 g/mol. The molecule has 3 rings (SSSR count). The van der Waals surface area contributed by atoms with Crippen molar-refractivity contribution >= 4 is 37.5 Å². The number of fused-ring (bicyclic) bond motifs is 1. The molecule has 5 nitrogen and oxygen atoms in total. The predicted octanol–water partition coefficient (Wildman–Crippen LogP) is 3.27. The highest BCUT2D eigenvalue weighted by molar-refractivity contribution is 9.10. The van der Waals surface area contributed by atoms with Gasteiger partial charge < -0.3 is 4.90 Å². The van der Waals surface area contributed by atoms with Crippen molar-refractivity contribution in [2.24, 2.45) is 0 Å². The van der Waals surface area contributed by atoms with Crippen LogP contribution in [0, 0.1) is 0 Å². The van der Waals surface area contributed by atoms with Crippen molar-refractivity contribution in [2.45, 2.75) is 37.6 Å². The van der Waals surface area contributed by atoms with E-state index in [-0.39, 0.29) is 16.8 Å². The van der Waals surface area contributed by atoms with Crippen molar-refractivity contribution < 1.29 is 13.2 Å². The first-order chi connectivity index (χ1) is 12.3. The van der Waals surface area contributed by atoms with Gasteiger partial charge in [0, 0.05) is 24.0 Å². The van der Waals surface area contributed by atoms with Gasteiger partial charge >= 0.3 is 0 Å². The number of carbonyl (C=O) groups is 1. The molecule has 1 unspecified atom stereocenters. The quantitative estimate of drug-likeness (QED) is 0.781. The van der Waals surface area contributed by atoms with E-state index >= 15 is 0 Å². The Hall–Kier alpha value is -1.70. The van der Waals surface area contributed by atoms with Gasteiger partial charge in [0.05, 0.1) is 5.69 Å². The average molecular weight is 437 g/mol. The van der Waals surface area contributed by atoms with Crippen LogP contribution in [0.25, 0.3) is 0 Å². The first-order valence-electron chi connectivity index (χ1n) is 8.45. The molecule has 1 heterocycles. The van der Waals surface area contributed by atoms with Crippen LogP contribution in [0.1, 0.15) is 25.0 Å². The number of halogens is 1. The summed E-state index contributed by atoms with van der Waals surface area (Å²) in [5.74, 6) is -0.153. The number of benzene rings is 2. The predicted molar refractivity (Wildman–Crippen MR) is 106 cm³/mol. The minimum atomic E-state index is -3.74. The topological polar surface area (TPSA) is 66.5 Å². The lowest BCUT2D eigenvalue weighted by Crippen LogP contribution is -2.35. The Kier molecular flexibility index (Phi) is 5.50. The fourth-order valence-electron chi connectivity index (χ4n) is 3.41. The van der Waals surface area contributed by atoms with Gasteiger partial charge in [-0.25, -0.2) is 13.1 Å². The summed E-state index contributed by atoms with van der Waals surface area (Å²) in [6, 6.07) is 13.1. The van der Waals surface area contributed by atoms with Crippen LogP contribution in [-0.2, 0) is 27.7 Å². The maximum absolute atomic E-state index is 12.9. The van der Waals surface area contributed by atoms with Crippen molar-refractivity contribution in [3.05, 3.63) is 58.1 Å². The van der Waals surface area contributed by atoms with E-state index in [9.17, 15) is 13.2 Å². The molecule has 0 bridgehead atoms. The van der Waals surface area contributed by atoms with E-state index in [1.165, 1.54) is 6.92 Å². The molecule has 1 amide bonds. The highest BCUT2D eigenvalue weighted by atomic mass is 79.9. The first kappa shape index (κ1) is 19.1. The SMILES string of the molecule is CC(=O)N1c2c(cc(Br)cc2S(=O)(=O)NCCc2ccccc2)CC1C. The third-order valence-corrected chi connectivity index (χ3v) is 6.43. The number of hydrogen-bond acceptors (Lipinski definition) is 3. The van der Waals surface area contributed by atoms with Crippen LogP contribution in [0.15, 0.2) is 51.8 Å². The summed E-state index contributed by atoms with van der Waals surface area (Å²) in [7, 11) is -3.74. The first-order valence-corrected chi connectivity index (χ1v) is 10.7. The Morgan fingerprint density at radius 2 is 1.96 bits per heavy atom. The minimum absolute atomic E-state index is 0.0601. The van der Waals surface area contributed by atoms with Gasteiger partial charge in [0.1, 0.15) is 4.90 Å². The Labute approximate surface area is 162 Å². The number of hydrogen-bond donors (Lipinski definition) is 1. The number of nitrogens with zero attached hydrogens (tertiary/aromatic N) is 1. The van der Waals surface area contributed by atoms with E-state index in [2.05, 4.69) is 20.7 Å². The Balaban J connectivity index is 1.89. The molecule has 1 atom stereocenters. The normalized spacial score (nSPS) is 16.6. The molecule has 0 spiro atoms. The highest BCUT2D eigenvalue weighted by Crippen LogP contribution is 2.40. The van der Waals surface area contributed by atoms with E-state index in [0.717, 1.165) is 11.1 Å². The third-order valence-electron chi connectivity index (χ3n) is 4.49. The smallest absolute Gasteiger partial charge is 0.242 e. The maximum Gasteiger partial charge on any atom is 0.242 e. The zero-order valence-corrected chi connectivity index (χ0v) is 17.1. The summed E-state index contributed by atoms with van der Waals surface area (Å²) in [6.45, 7) is 3.69. The Morgan fingerprint density at radius 1 is 1.27 bits per heavy atom. The maximum atomic E-state index is 12.9. The number of amides is 1. The third kappa shape index (κ3) is 3.84. The summed E-state index contributed by atoms with van der Waals surface area (Å²) >= 11 is 3.39. The van der Waals surface area contributed by atoms with E-state index in [0.29, 0.717) is 29.5 Å². The van der Waals surface area contributed by atoms with Gasteiger partial charge in [-0.15, -0.1) is 0 Å². The summed E-state index contributed by atoms with van der Waals surface area (Å²) in [5.41, 5.74) is 2.43. The second-order valence-corrected chi connectivity index (χ2v) is 9.14. The molecule has 0 aromatic heterocycles. The summed E-state index contributed by atoms with van der Waals surface area (Å²) in [6.07, 6.45) is 1.24. The summed E-state index contributed by atoms with van der Waals surface area (Å²) in [5, 5.41) is 0. The number of carbonyl (C=O) groups excluding carboxylic acids is 1. The van der Waals surface area contributed by atoms with E-state index < -0.39 is 10.0 Å². The fraction of sp³-hybridized carbons (Fsp3) is 0.316. The van der Waals surface area contributed by atoms with Crippen LogP contribution in [0.4, 0.5) is 5.69 Å². The van der Waals surface area contributed by atoms with Gasteiger partial charge in [-0.3, -0.25) is 4.79 Å². The van der Waals surface area contributed by atoms with Gasteiger partial charge in [-0.05, 0) is 43.0 Å². The Bertz CT molecular complexity index is 929. The zero-order valence-electron chi connectivity index (χ0n) is 14.7. The lowest BCUT2D eigenvalue weighted by molar-refractivity contribution is -0.116. The number of anilines is 1. The molecule has 1 N–H and O–H groups in total. The number of sulfonamides is 1. The lowest BCUT2D eigenvalue weighted by Gasteiger charge is -2.23. The molecule has 2 aromatic rings. The van der Waals surface area contributed by atoms with Crippen molar-refractivity contribution in [1.82, 2.24) is 4.72 Å². The average Bonchev–Trinajstić information content (AvgIpc) is 2.90. The summed E-state index contributed by atoms with van der Waals surface area (Å²) in [4.78, 5) is 13.8. The van der Waals surface area contributed by atoms with E-state index in [1.54, 1.807) is 11.0 Å². The molecule has 0 saturated carbocycles. The van der Waals surface area contributed by atoms with Gasteiger partial charge in [0.25, 0.3) is 0 Å². The van der Waals surface area contributed by atoms with Crippen LogP contribution in [0.3, 0.4) is 0 Å². The molecule has 0 saturated heterocycles. The molecule has 0 aliphatic carbocycles. The molecule has 26 heavy (non-hydrogen) atoms. The van der Waals surface area contributed by atoms with E-state index in [1.807, 2.05) is 43.3 Å². The molecule has 0 radical (unpaired) electrons. The molecule has 2 aromatic carbocycles. The van der Waals surface area contributed by atoms with Gasteiger partial charge in [-0.1, -0.05) is 46.3 Å². The van der Waals surface area contributed by atoms with Crippen molar-refractivity contribution in [2.75, 3.05) is 11.4 Å². The highest BCUT2D eigenvalue weighted by Gasteiger charge is 2.35. The summed E-state index contributed by atoms with van der Waals surface area (Å²) < 4.78 is 29.2. The number of rotatable bonds is 5. The van der Waals surface area contributed by atoms with Crippen molar-refractivity contribution in [1.29, 1.82) is 0 Å². The monoisotopic (exact) mass is 436 g/mol. The molecular formula is C19H21BrN2O3S.